The monoisotopic (exact) mass is 323 g/mol. The fourth-order valence-electron chi connectivity index (χ4n) is 3.62. The van der Waals surface area contributed by atoms with Gasteiger partial charge in [-0.25, -0.2) is 4.98 Å². The third-order valence-corrected chi connectivity index (χ3v) is 4.86. The van der Waals surface area contributed by atoms with Crippen molar-refractivity contribution in [3.05, 3.63) is 54.2 Å². The zero-order chi connectivity index (χ0) is 16.5. The maximum atomic E-state index is 12.7. The van der Waals surface area contributed by atoms with Crippen LogP contribution in [0.4, 0.5) is 0 Å². The van der Waals surface area contributed by atoms with E-state index >= 15 is 0 Å². The van der Waals surface area contributed by atoms with Crippen LogP contribution in [0.1, 0.15) is 36.9 Å². The minimum Gasteiger partial charge on any atom is -0.469 e. The van der Waals surface area contributed by atoms with Crippen molar-refractivity contribution in [3.63, 3.8) is 0 Å². The van der Waals surface area contributed by atoms with Crippen LogP contribution in [0.3, 0.4) is 0 Å². The van der Waals surface area contributed by atoms with Crippen LogP contribution >= 0.6 is 0 Å². The van der Waals surface area contributed by atoms with E-state index in [0.29, 0.717) is 12.8 Å². The summed E-state index contributed by atoms with van der Waals surface area (Å²) in [7, 11) is 2.04. The van der Waals surface area contributed by atoms with E-state index in [9.17, 15) is 4.79 Å². The smallest absolute Gasteiger partial charge is 0.223 e. The molecular formula is C19H21N3O2. The number of nitrogens with zero attached hydrogens (tertiary/aromatic N) is 3. The second-order valence-electron chi connectivity index (χ2n) is 6.34. The van der Waals surface area contributed by atoms with E-state index in [2.05, 4.69) is 10.6 Å². The first kappa shape index (κ1) is 15.0. The van der Waals surface area contributed by atoms with Gasteiger partial charge in [-0.05, 0) is 37.1 Å². The summed E-state index contributed by atoms with van der Waals surface area (Å²) < 4.78 is 7.45. The fraction of sp³-hybridized carbons (Fsp3) is 0.368. The maximum Gasteiger partial charge on any atom is 0.223 e. The average molecular weight is 323 g/mol. The van der Waals surface area contributed by atoms with E-state index in [1.807, 2.05) is 42.3 Å². The molecule has 1 fully saturated rings. The molecule has 1 aromatic carbocycles. The van der Waals surface area contributed by atoms with Crippen molar-refractivity contribution in [1.29, 1.82) is 0 Å². The molecule has 124 valence electrons. The first-order valence-corrected chi connectivity index (χ1v) is 8.47. The number of aromatic nitrogens is 2. The lowest BCUT2D eigenvalue weighted by Crippen LogP contribution is -2.32. The van der Waals surface area contributed by atoms with Gasteiger partial charge in [-0.1, -0.05) is 12.1 Å². The Morgan fingerprint density at radius 1 is 1.29 bits per heavy atom. The molecule has 0 radical (unpaired) electrons. The average Bonchev–Trinajstić information content (AvgIpc) is 3.33. The number of imidazole rings is 1. The number of aryl methyl sites for hydroxylation is 2. The van der Waals surface area contributed by atoms with Crippen LogP contribution < -0.4 is 0 Å². The maximum absolute atomic E-state index is 12.7. The number of likely N-dealkylation sites (tertiary alicyclic amines) is 1. The molecule has 2 aromatic heterocycles. The Kier molecular flexibility index (Phi) is 3.84. The predicted molar refractivity (Wildman–Crippen MR) is 91.4 cm³/mol. The zero-order valence-electron chi connectivity index (χ0n) is 13.8. The van der Waals surface area contributed by atoms with Crippen molar-refractivity contribution in [2.45, 2.75) is 31.7 Å². The molecule has 0 bridgehead atoms. The zero-order valence-corrected chi connectivity index (χ0v) is 13.8. The number of fused-ring (bicyclic) bond motifs is 1. The number of hydrogen-bond donors (Lipinski definition) is 0. The summed E-state index contributed by atoms with van der Waals surface area (Å²) in [4.78, 5) is 19.5. The number of para-hydroxylation sites is 2. The first-order chi connectivity index (χ1) is 11.7. The van der Waals surface area contributed by atoms with E-state index in [1.54, 1.807) is 6.26 Å². The van der Waals surface area contributed by atoms with Crippen LogP contribution in [0.15, 0.2) is 47.1 Å². The van der Waals surface area contributed by atoms with Gasteiger partial charge >= 0.3 is 0 Å². The van der Waals surface area contributed by atoms with Crippen molar-refractivity contribution in [3.8, 4) is 0 Å². The Bertz CT molecular complexity index is 851. The number of hydrogen-bond acceptors (Lipinski definition) is 3. The molecule has 3 aromatic rings. The highest BCUT2D eigenvalue weighted by atomic mass is 16.3. The van der Waals surface area contributed by atoms with Crippen LogP contribution in [0, 0.1) is 0 Å². The van der Waals surface area contributed by atoms with Crippen LogP contribution in [-0.2, 0) is 18.3 Å². The van der Waals surface area contributed by atoms with Gasteiger partial charge in [-0.2, -0.15) is 0 Å². The minimum atomic E-state index is 0.0755. The standard InChI is InChI=1S/C19H21N3O2/c1-21-16-8-3-2-7-15(16)20-19(21)17-9-4-12-22(17)18(23)11-10-14-6-5-13-24-14/h2-3,5-8,13,17H,4,9-12H2,1H3. The molecule has 1 unspecified atom stereocenters. The Balaban J connectivity index is 1.55. The van der Waals surface area contributed by atoms with Gasteiger partial charge in [0.05, 0.1) is 23.3 Å². The number of rotatable bonds is 4. The summed E-state index contributed by atoms with van der Waals surface area (Å²) in [6.07, 6.45) is 4.79. The number of furan rings is 1. The van der Waals surface area contributed by atoms with Gasteiger partial charge in [0.25, 0.3) is 0 Å². The summed E-state index contributed by atoms with van der Waals surface area (Å²) in [5.41, 5.74) is 2.10. The quantitative estimate of drug-likeness (QED) is 0.739. The van der Waals surface area contributed by atoms with Crippen molar-refractivity contribution in [1.82, 2.24) is 14.5 Å². The summed E-state index contributed by atoms with van der Waals surface area (Å²) in [6.45, 7) is 0.810. The Labute approximate surface area is 140 Å². The summed E-state index contributed by atoms with van der Waals surface area (Å²) >= 11 is 0. The molecule has 1 atom stereocenters. The Morgan fingerprint density at radius 2 is 2.17 bits per heavy atom. The predicted octanol–water partition coefficient (Wildman–Crippen LogP) is 3.46. The summed E-state index contributed by atoms with van der Waals surface area (Å²) in [5, 5.41) is 0. The topological polar surface area (TPSA) is 51.3 Å². The van der Waals surface area contributed by atoms with E-state index in [4.69, 9.17) is 9.40 Å². The largest absolute Gasteiger partial charge is 0.469 e. The van der Waals surface area contributed by atoms with Gasteiger partial charge in [0.2, 0.25) is 5.91 Å². The van der Waals surface area contributed by atoms with E-state index < -0.39 is 0 Å². The first-order valence-electron chi connectivity index (χ1n) is 8.47. The lowest BCUT2D eigenvalue weighted by Gasteiger charge is -2.24. The Hall–Kier alpha value is -2.56. The third kappa shape index (κ3) is 2.60. The SMILES string of the molecule is Cn1c(C2CCCN2C(=O)CCc2ccco2)nc2ccccc21. The number of carbonyl (C=O) groups is 1. The summed E-state index contributed by atoms with van der Waals surface area (Å²) in [6, 6.07) is 12.0. The molecule has 1 amide bonds. The van der Waals surface area contributed by atoms with Crippen LogP contribution in [0.5, 0.6) is 0 Å². The highest BCUT2D eigenvalue weighted by Gasteiger charge is 2.32. The van der Waals surface area contributed by atoms with Crippen LogP contribution in [-0.4, -0.2) is 26.9 Å². The second-order valence-corrected chi connectivity index (χ2v) is 6.34. The molecule has 0 spiro atoms. The van der Waals surface area contributed by atoms with Gasteiger partial charge in [-0.15, -0.1) is 0 Å². The number of carbonyl (C=O) groups excluding carboxylic acids is 1. The van der Waals surface area contributed by atoms with E-state index in [-0.39, 0.29) is 11.9 Å². The molecule has 1 aliphatic rings. The van der Waals surface area contributed by atoms with Crippen LogP contribution in [0.25, 0.3) is 11.0 Å². The molecule has 1 saturated heterocycles. The normalized spacial score (nSPS) is 17.7. The lowest BCUT2D eigenvalue weighted by molar-refractivity contribution is -0.132. The molecule has 24 heavy (non-hydrogen) atoms. The van der Waals surface area contributed by atoms with Gasteiger partial charge < -0.3 is 13.9 Å². The highest BCUT2D eigenvalue weighted by molar-refractivity contribution is 5.78. The molecule has 0 N–H and O–H groups in total. The van der Waals surface area contributed by atoms with Crippen molar-refractivity contribution in [2.75, 3.05) is 6.54 Å². The van der Waals surface area contributed by atoms with Gasteiger partial charge in [0.15, 0.2) is 0 Å². The molecule has 3 heterocycles. The van der Waals surface area contributed by atoms with Crippen LogP contribution in [0.2, 0.25) is 0 Å². The molecular weight excluding hydrogens is 302 g/mol. The van der Waals surface area contributed by atoms with Crippen molar-refractivity contribution >= 4 is 16.9 Å². The van der Waals surface area contributed by atoms with Gasteiger partial charge in [0.1, 0.15) is 11.6 Å². The van der Waals surface area contributed by atoms with E-state index in [1.165, 1.54) is 0 Å². The molecule has 5 nitrogen and oxygen atoms in total. The summed E-state index contributed by atoms with van der Waals surface area (Å²) in [5.74, 6) is 2.03. The minimum absolute atomic E-state index is 0.0755. The molecule has 0 aliphatic carbocycles. The van der Waals surface area contributed by atoms with Gasteiger partial charge in [0, 0.05) is 26.4 Å². The molecule has 5 heteroatoms. The number of amides is 1. The molecule has 4 rings (SSSR count). The van der Waals surface area contributed by atoms with Crippen molar-refractivity contribution < 1.29 is 9.21 Å². The highest BCUT2D eigenvalue weighted by Crippen LogP contribution is 2.33. The van der Waals surface area contributed by atoms with E-state index in [0.717, 1.165) is 42.0 Å². The lowest BCUT2D eigenvalue weighted by atomic mass is 10.2. The second kappa shape index (κ2) is 6.15. The number of benzene rings is 1. The van der Waals surface area contributed by atoms with Crippen molar-refractivity contribution in [2.24, 2.45) is 7.05 Å². The molecule has 1 aliphatic heterocycles. The third-order valence-electron chi connectivity index (χ3n) is 4.86. The van der Waals surface area contributed by atoms with Gasteiger partial charge in [-0.3, -0.25) is 4.79 Å². The molecule has 0 saturated carbocycles. The fourth-order valence-corrected chi connectivity index (χ4v) is 3.62. The Morgan fingerprint density at radius 3 is 2.96 bits per heavy atom.